The molecule has 6 aromatic rings. The molecule has 6 aromatic heterocycles. The normalized spacial score (nSPS) is 8.95. The van der Waals surface area contributed by atoms with E-state index >= 15 is 0 Å². The molecule has 0 saturated carbocycles. The molecule has 25 heteroatoms. The Bertz CT molecular complexity index is 1400. The molecular formula is C36H57Cr3N6O16+7. The SMILES string of the molecule is O.O.O.OC(O)c1ccc[nH+]c1.OC(O)c1ccc[nH+]c1.OC(O)c1ccc[nH+]c1.OC(O)c1ccc[nH+]c1.OC(O)c1ccc[nH+]c1.OC(O)c1ccc[nH+]c1.[Cr].[Cr].[Cr].[OH3+]. The average Bonchev–Trinajstić information content (AvgIpc) is 3.21. The van der Waals surface area contributed by atoms with Gasteiger partial charge in [-0.3, -0.25) is 0 Å². The van der Waals surface area contributed by atoms with Crippen molar-refractivity contribution >= 4 is 0 Å². The van der Waals surface area contributed by atoms with Gasteiger partial charge < -0.3 is 83.2 Å². The van der Waals surface area contributed by atoms with Gasteiger partial charge in [0.2, 0.25) is 0 Å². The number of aliphatic hydroxyl groups excluding tert-OH is 6. The van der Waals surface area contributed by atoms with Crippen LogP contribution in [0.4, 0.5) is 0 Å². The fraction of sp³-hybridized carbons (Fsp3) is 0.167. The number of pyridine rings is 6. The van der Waals surface area contributed by atoms with Crippen molar-refractivity contribution in [2.75, 3.05) is 0 Å². The van der Waals surface area contributed by atoms with Crippen LogP contribution in [-0.2, 0) is 57.6 Å². The van der Waals surface area contributed by atoms with E-state index in [1.165, 1.54) is 37.2 Å². The maximum absolute atomic E-state index is 8.56. The Morgan fingerprint density at radius 2 is 0.377 bits per heavy atom. The summed E-state index contributed by atoms with van der Waals surface area (Å²) in [5, 5.41) is 103. The van der Waals surface area contributed by atoms with Crippen molar-refractivity contribution in [2.45, 2.75) is 37.7 Å². The van der Waals surface area contributed by atoms with Gasteiger partial charge in [-0.25, -0.2) is 29.9 Å². The predicted octanol–water partition coefficient (Wildman–Crippen LogP) is -6.50. The average molecular weight is 986 g/mol. The van der Waals surface area contributed by atoms with Crippen LogP contribution in [0, 0.1) is 0 Å². The van der Waals surface area contributed by atoms with Crippen LogP contribution in [0.3, 0.4) is 0 Å². The van der Waals surface area contributed by atoms with Crippen molar-refractivity contribution in [1.82, 2.24) is 0 Å². The molecule has 27 N–H and O–H groups in total. The number of aliphatic hydroxyl groups is 12. The van der Waals surface area contributed by atoms with Crippen molar-refractivity contribution in [3.05, 3.63) is 181 Å². The molecule has 0 unspecified atom stereocenters. The number of rotatable bonds is 6. The van der Waals surface area contributed by atoms with Crippen LogP contribution in [0.15, 0.2) is 147 Å². The topological polar surface area (TPSA) is 455 Å². The van der Waals surface area contributed by atoms with E-state index in [4.69, 9.17) is 61.3 Å². The smallest absolute Gasteiger partial charge is 0.184 e. The summed E-state index contributed by atoms with van der Waals surface area (Å²) in [5.41, 5.74) is 2.82. The number of hydrogen-bond donors (Lipinski definition) is 12. The summed E-state index contributed by atoms with van der Waals surface area (Å²) in [6, 6.07) is 20.0. The van der Waals surface area contributed by atoms with Crippen molar-refractivity contribution in [1.29, 1.82) is 0 Å². The molecule has 0 spiro atoms. The fourth-order valence-electron chi connectivity index (χ4n) is 3.41. The first-order chi connectivity index (χ1) is 25.8. The third-order valence-corrected chi connectivity index (χ3v) is 6.18. The molecule has 0 atom stereocenters. The summed E-state index contributed by atoms with van der Waals surface area (Å²) in [6.45, 7) is 0. The van der Waals surface area contributed by atoms with Crippen molar-refractivity contribution in [3.63, 3.8) is 0 Å². The van der Waals surface area contributed by atoms with Crippen LogP contribution in [0.2, 0.25) is 0 Å². The molecule has 0 bridgehead atoms. The van der Waals surface area contributed by atoms with Crippen molar-refractivity contribution in [3.8, 4) is 0 Å². The van der Waals surface area contributed by atoms with Gasteiger partial charge in [-0.15, -0.1) is 0 Å². The Morgan fingerprint density at radius 1 is 0.262 bits per heavy atom. The van der Waals surface area contributed by atoms with Gasteiger partial charge in [0.15, 0.2) is 112 Å². The number of nitrogens with one attached hydrogen (secondary N) is 6. The van der Waals surface area contributed by atoms with E-state index in [9.17, 15) is 0 Å². The molecule has 0 aromatic carbocycles. The van der Waals surface area contributed by atoms with E-state index in [1.807, 2.05) is 0 Å². The summed E-state index contributed by atoms with van der Waals surface area (Å²) >= 11 is 0. The van der Waals surface area contributed by atoms with Crippen LogP contribution in [-0.4, -0.2) is 77.7 Å². The number of aromatic nitrogens is 6. The van der Waals surface area contributed by atoms with Crippen LogP contribution in [0.5, 0.6) is 0 Å². The van der Waals surface area contributed by atoms with Crippen LogP contribution in [0.1, 0.15) is 71.1 Å². The summed E-state index contributed by atoms with van der Waals surface area (Å²) in [6.07, 6.45) is 11.2. The number of H-pyrrole nitrogens is 6. The first kappa shape index (κ1) is 71.4. The Labute approximate surface area is 381 Å². The molecule has 0 aliphatic carbocycles. The zero-order valence-electron chi connectivity index (χ0n) is 32.0. The molecule has 0 fully saturated rings. The minimum Gasteiger partial charge on any atom is -0.457 e. The van der Waals surface area contributed by atoms with Gasteiger partial charge in [0.1, 0.15) is 0 Å². The van der Waals surface area contributed by atoms with Crippen molar-refractivity contribution in [2.24, 2.45) is 0 Å². The molecule has 0 radical (unpaired) electrons. The maximum Gasteiger partial charge on any atom is 0.184 e. The third kappa shape index (κ3) is 35.2. The number of hydrogen-bond acceptors (Lipinski definition) is 12. The minimum absolute atomic E-state index is 0. The molecule has 22 nitrogen and oxygen atoms in total. The molecule has 0 saturated heterocycles. The molecule has 61 heavy (non-hydrogen) atoms. The fourth-order valence-corrected chi connectivity index (χ4v) is 3.41. The van der Waals surface area contributed by atoms with Crippen molar-refractivity contribution < 1.29 is 165 Å². The molecule has 6 rings (SSSR count). The Hall–Kier alpha value is -4.14. The van der Waals surface area contributed by atoms with E-state index in [0.29, 0.717) is 33.4 Å². The van der Waals surface area contributed by atoms with Gasteiger partial charge in [-0.2, -0.15) is 0 Å². The second-order valence-electron chi connectivity index (χ2n) is 10.3. The molecule has 338 valence electrons. The van der Waals surface area contributed by atoms with Gasteiger partial charge in [-0.1, -0.05) is 0 Å². The predicted molar refractivity (Wildman–Crippen MR) is 197 cm³/mol. The van der Waals surface area contributed by atoms with E-state index in [2.05, 4.69) is 29.9 Å². The zero-order chi connectivity index (χ0) is 40.1. The summed E-state index contributed by atoms with van der Waals surface area (Å²) in [4.78, 5) is 16.3. The first-order valence-corrected chi connectivity index (χ1v) is 15.8. The minimum atomic E-state index is -1.37. The molecule has 6 heterocycles. The van der Waals surface area contributed by atoms with E-state index < -0.39 is 37.7 Å². The largest absolute Gasteiger partial charge is 0.457 e. The van der Waals surface area contributed by atoms with E-state index in [1.54, 1.807) is 110 Å². The Morgan fingerprint density at radius 3 is 0.426 bits per heavy atom. The zero-order valence-corrected chi connectivity index (χ0v) is 35.8. The summed E-state index contributed by atoms with van der Waals surface area (Å²) in [5.74, 6) is 0. The molecule has 0 amide bonds. The first-order valence-electron chi connectivity index (χ1n) is 15.8. The van der Waals surface area contributed by atoms with Gasteiger partial charge in [0, 0.05) is 88.5 Å². The molecular weight excluding hydrogens is 928 g/mol. The Balaban J connectivity index is -0.000000112. The quantitative estimate of drug-likeness (QED) is 0.0548. The monoisotopic (exact) mass is 985 g/mol. The van der Waals surface area contributed by atoms with Crippen LogP contribution in [0.25, 0.3) is 0 Å². The summed E-state index contributed by atoms with van der Waals surface area (Å²) in [7, 11) is 0. The van der Waals surface area contributed by atoms with E-state index in [-0.39, 0.29) is 74.0 Å². The van der Waals surface area contributed by atoms with E-state index in [0.717, 1.165) is 0 Å². The second-order valence-corrected chi connectivity index (χ2v) is 10.3. The third-order valence-electron chi connectivity index (χ3n) is 6.18. The van der Waals surface area contributed by atoms with Gasteiger partial charge >= 0.3 is 0 Å². The van der Waals surface area contributed by atoms with Crippen LogP contribution < -0.4 is 29.9 Å². The van der Waals surface area contributed by atoms with Crippen LogP contribution >= 0.6 is 0 Å². The standard InChI is InChI=1S/6C6H7NO2.3Cr.4H2O/c6*8-6(9)5-2-1-3-7-4-5;;;;;;;/h6*1-4,6,8-9H;;;;4*1H2/p+7. The maximum atomic E-state index is 8.56. The second kappa shape index (κ2) is 43.9. The van der Waals surface area contributed by atoms with Gasteiger partial charge in [-0.05, 0) is 36.4 Å². The Kier molecular flexibility index (Phi) is 51.4. The molecule has 0 aliphatic heterocycles. The van der Waals surface area contributed by atoms with Gasteiger partial charge in [0.25, 0.3) is 0 Å². The van der Waals surface area contributed by atoms with Gasteiger partial charge in [0.05, 0.1) is 33.4 Å². The number of aromatic amines is 6. The molecule has 0 aliphatic rings. The summed E-state index contributed by atoms with van der Waals surface area (Å²) < 4.78 is 0.